The fourth-order valence-corrected chi connectivity index (χ4v) is 6.02. The van der Waals surface area contributed by atoms with Crippen LogP contribution >= 0.6 is 11.3 Å². The molecule has 3 aromatic rings. The number of fused-ring (bicyclic) bond motifs is 1. The van der Waals surface area contributed by atoms with E-state index >= 15 is 0 Å². The predicted octanol–water partition coefficient (Wildman–Crippen LogP) is 3.40. The molecule has 1 amide bonds. The SMILES string of the molecule is CC(C)(C)OC(=O)N1CCN(c2nc(O)c(C(Cc3ccc(O)cc3C(F)(F)F)=c3ccc4c(c3)C=NN=4)s2)CC1CO. The van der Waals surface area contributed by atoms with Crippen LogP contribution in [0.4, 0.5) is 23.1 Å². The lowest BCUT2D eigenvalue weighted by atomic mass is 9.96. The number of phenols is 1. The van der Waals surface area contributed by atoms with Crippen LogP contribution in [-0.4, -0.2) is 75.4 Å². The number of phenolic OH excluding ortho intramolecular Hbond substituents is 1. The standard InChI is InChI=1S/C29H30F3N5O5S/c1-28(2,3)42-27(41)37-9-8-36(14-19(37)15-38)26-34-25(40)24(43-26)21(16-5-7-23-18(10-16)13-33-35-23)11-17-4-6-20(39)12-22(17)29(30,31)32/h4-7,10,12-13,19,38-40H,8-9,11,14-15H2,1-3H3. The fraction of sp³-hybridized carbons (Fsp3) is 0.379. The van der Waals surface area contributed by atoms with Gasteiger partial charge in [0.1, 0.15) is 11.4 Å². The van der Waals surface area contributed by atoms with Gasteiger partial charge in [0.05, 0.1) is 34.7 Å². The van der Waals surface area contributed by atoms with Crippen molar-refractivity contribution in [2.24, 2.45) is 10.2 Å². The van der Waals surface area contributed by atoms with E-state index in [0.29, 0.717) is 39.5 Å². The highest BCUT2D eigenvalue weighted by molar-refractivity contribution is 7.17. The van der Waals surface area contributed by atoms with Crippen LogP contribution in [0, 0.1) is 0 Å². The van der Waals surface area contributed by atoms with Crippen molar-refractivity contribution < 1.29 is 38.0 Å². The normalized spacial score (nSPS) is 17.5. The highest BCUT2D eigenvalue weighted by Gasteiger charge is 2.36. The molecule has 1 saturated heterocycles. The number of benzene rings is 2. The molecule has 1 atom stereocenters. The van der Waals surface area contributed by atoms with Gasteiger partial charge in [-0.15, -0.1) is 0 Å². The fourth-order valence-electron chi connectivity index (χ4n) is 4.96. The third kappa shape index (κ3) is 6.59. The number of thiazole rings is 1. The Kier molecular flexibility index (Phi) is 8.09. The van der Waals surface area contributed by atoms with Gasteiger partial charge in [0.2, 0.25) is 5.88 Å². The second-order valence-corrected chi connectivity index (χ2v) is 12.2. The van der Waals surface area contributed by atoms with E-state index in [1.165, 1.54) is 23.2 Å². The number of aromatic nitrogens is 1. The van der Waals surface area contributed by atoms with E-state index in [9.17, 15) is 33.3 Å². The highest BCUT2D eigenvalue weighted by Crippen LogP contribution is 2.40. The van der Waals surface area contributed by atoms with E-state index < -0.39 is 35.2 Å². The van der Waals surface area contributed by atoms with E-state index in [0.717, 1.165) is 11.3 Å². The summed E-state index contributed by atoms with van der Waals surface area (Å²) in [4.78, 5) is 20.6. The number of carbonyl (C=O) groups is 1. The zero-order chi connectivity index (χ0) is 31.1. The van der Waals surface area contributed by atoms with Crippen molar-refractivity contribution in [1.82, 2.24) is 9.88 Å². The second-order valence-electron chi connectivity index (χ2n) is 11.2. The molecule has 1 fully saturated rings. The third-order valence-electron chi connectivity index (χ3n) is 6.97. The van der Waals surface area contributed by atoms with Crippen molar-refractivity contribution in [3.63, 3.8) is 0 Å². The minimum atomic E-state index is -4.73. The lowest BCUT2D eigenvalue weighted by molar-refractivity contribution is -0.138. The first kappa shape index (κ1) is 30.3. The Morgan fingerprint density at radius 3 is 2.58 bits per heavy atom. The molecule has 0 aliphatic carbocycles. The van der Waals surface area contributed by atoms with Crippen LogP contribution in [-0.2, 0) is 17.3 Å². The summed E-state index contributed by atoms with van der Waals surface area (Å²) in [5.41, 5.74) is -0.746. The van der Waals surface area contributed by atoms with Crippen molar-refractivity contribution in [2.45, 2.75) is 45.0 Å². The average molecular weight is 618 g/mol. The number of alkyl halides is 3. The maximum Gasteiger partial charge on any atom is 0.416 e. The van der Waals surface area contributed by atoms with Gasteiger partial charge in [-0.2, -0.15) is 28.4 Å². The first-order chi connectivity index (χ1) is 20.2. The lowest BCUT2D eigenvalue weighted by Crippen LogP contribution is -2.57. The van der Waals surface area contributed by atoms with E-state index in [4.69, 9.17) is 4.74 Å². The predicted molar refractivity (Wildman–Crippen MR) is 154 cm³/mol. The number of rotatable bonds is 5. The number of hydrogen-bond acceptors (Lipinski definition) is 10. The molecule has 2 aromatic carbocycles. The summed E-state index contributed by atoms with van der Waals surface area (Å²) < 4.78 is 47.4. The number of carbonyl (C=O) groups excluding carboxylic acids is 1. The summed E-state index contributed by atoms with van der Waals surface area (Å²) in [6, 6.07) is 7.60. The molecule has 43 heavy (non-hydrogen) atoms. The number of aliphatic hydroxyl groups excluding tert-OH is 1. The van der Waals surface area contributed by atoms with Gasteiger partial charge in [-0.3, -0.25) is 4.90 Å². The molecule has 2 aliphatic heterocycles. The van der Waals surface area contributed by atoms with Gasteiger partial charge in [-0.05, 0) is 61.4 Å². The number of nitrogens with zero attached hydrogens (tertiary/aromatic N) is 5. The zero-order valence-electron chi connectivity index (χ0n) is 23.6. The van der Waals surface area contributed by atoms with Gasteiger partial charge in [-0.1, -0.05) is 23.5 Å². The lowest BCUT2D eigenvalue weighted by Gasteiger charge is -2.40. The van der Waals surface area contributed by atoms with Gasteiger partial charge in [0, 0.05) is 31.6 Å². The summed E-state index contributed by atoms with van der Waals surface area (Å²) in [6.45, 7) is 5.67. The summed E-state index contributed by atoms with van der Waals surface area (Å²) in [6.07, 6.45) is -3.97. The molecule has 2 aliphatic rings. The molecular formula is C29H30F3N5O5S. The molecule has 14 heteroatoms. The van der Waals surface area contributed by atoms with Crippen LogP contribution in [0.15, 0.2) is 46.6 Å². The number of aliphatic hydroxyl groups is 1. The molecular weight excluding hydrogens is 587 g/mol. The van der Waals surface area contributed by atoms with Crippen LogP contribution in [0.3, 0.4) is 0 Å². The number of hydrogen-bond donors (Lipinski definition) is 3. The van der Waals surface area contributed by atoms with Crippen molar-refractivity contribution >= 4 is 34.3 Å². The van der Waals surface area contributed by atoms with Crippen molar-refractivity contribution in [2.75, 3.05) is 31.1 Å². The first-order valence-electron chi connectivity index (χ1n) is 13.4. The smallest absolute Gasteiger partial charge is 0.416 e. The Morgan fingerprint density at radius 1 is 1.12 bits per heavy atom. The number of ether oxygens (including phenoxy) is 1. The topological polar surface area (TPSA) is 131 Å². The molecule has 10 nitrogen and oxygen atoms in total. The molecule has 1 unspecified atom stereocenters. The van der Waals surface area contributed by atoms with Crippen LogP contribution in [0.1, 0.15) is 42.3 Å². The quantitative estimate of drug-likeness (QED) is 0.400. The Labute approximate surface area is 248 Å². The van der Waals surface area contributed by atoms with E-state index in [2.05, 4.69) is 15.2 Å². The number of amides is 1. The van der Waals surface area contributed by atoms with E-state index in [-0.39, 0.29) is 42.4 Å². The molecule has 3 N–H and O–H groups in total. The first-order valence-corrected chi connectivity index (χ1v) is 14.2. The Hall–Kier alpha value is -4.17. The van der Waals surface area contributed by atoms with Crippen LogP contribution in [0.2, 0.25) is 0 Å². The molecule has 3 heterocycles. The Bertz CT molecular complexity index is 1700. The number of piperazine rings is 1. The Morgan fingerprint density at radius 2 is 1.88 bits per heavy atom. The summed E-state index contributed by atoms with van der Waals surface area (Å²) in [5, 5.41) is 40.3. The second kappa shape index (κ2) is 11.5. The molecule has 5 rings (SSSR count). The van der Waals surface area contributed by atoms with Crippen LogP contribution in [0.5, 0.6) is 11.6 Å². The zero-order valence-corrected chi connectivity index (χ0v) is 24.4. The maximum atomic E-state index is 14.0. The molecule has 1 aromatic heterocycles. The van der Waals surface area contributed by atoms with Crippen molar-refractivity contribution in [3.8, 4) is 11.6 Å². The maximum absolute atomic E-state index is 14.0. The number of anilines is 1. The van der Waals surface area contributed by atoms with E-state index in [1.54, 1.807) is 39.0 Å². The molecule has 228 valence electrons. The summed E-state index contributed by atoms with van der Waals surface area (Å²) in [5.74, 6) is -0.879. The average Bonchev–Trinajstić information content (AvgIpc) is 3.56. The highest BCUT2D eigenvalue weighted by atomic mass is 32.1. The van der Waals surface area contributed by atoms with Gasteiger partial charge in [0.15, 0.2) is 5.13 Å². The minimum Gasteiger partial charge on any atom is -0.508 e. The summed E-state index contributed by atoms with van der Waals surface area (Å²) >= 11 is 1.09. The largest absolute Gasteiger partial charge is 0.508 e. The van der Waals surface area contributed by atoms with Crippen molar-refractivity contribution in [1.29, 1.82) is 0 Å². The Balaban J connectivity index is 1.53. The molecule has 0 saturated carbocycles. The van der Waals surface area contributed by atoms with Crippen LogP contribution in [0.25, 0.3) is 5.57 Å². The van der Waals surface area contributed by atoms with Gasteiger partial charge in [-0.25, -0.2) is 4.79 Å². The summed E-state index contributed by atoms with van der Waals surface area (Å²) in [7, 11) is 0. The number of aromatic hydroxyl groups is 2. The molecule has 0 bridgehead atoms. The van der Waals surface area contributed by atoms with Gasteiger partial charge in [0.25, 0.3) is 0 Å². The monoisotopic (exact) mass is 617 g/mol. The molecule has 0 spiro atoms. The van der Waals surface area contributed by atoms with Crippen molar-refractivity contribution in [3.05, 3.63) is 68.5 Å². The van der Waals surface area contributed by atoms with Crippen LogP contribution < -0.4 is 15.5 Å². The van der Waals surface area contributed by atoms with E-state index in [1.807, 2.05) is 4.90 Å². The number of halogens is 3. The minimum absolute atomic E-state index is 0.0974. The van der Waals surface area contributed by atoms with Gasteiger partial charge >= 0.3 is 12.3 Å². The van der Waals surface area contributed by atoms with Gasteiger partial charge < -0.3 is 25.0 Å². The third-order valence-corrected chi connectivity index (χ3v) is 8.13. The molecule has 0 radical (unpaired) electrons.